The van der Waals surface area contributed by atoms with E-state index in [0.717, 1.165) is 6.42 Å². The molecule has 0 N–H and O–H groups in total. The molecule has 0 radical (unpaired) electrons. The predicted octanol–water partition coefficient (Wildman–Crippen LogP) is 3.87. The zero-order valence-corrected chi connectivity index (χ0v) is 10.4. The highest BCUT2D eigenvalue weighted by atomic mass is 16.5. The van der Waals surface area contributed by atoms with Gasteiger partial charge >= 0.3 is 0 Å². The third kappa shape index (κ3) is 2.46. The number of rotatable bonds is 4. The van der Waals surface area contributed by atoms with Gasteiger partial charge in [-0.2, -0.15) is 0 Å². The minimum Gasteiger partial charge on any atom is -0.377 e. The molecule has 0 aliphatic rings. The van der Waals surface area contributed by atoms with E-state index in [4.69, 9.17) is 4.74 Å². The molecule has 80 valence electrons. The molecule has 0 amide bonds. The summed E-state index contributed by atoms with van der Waals surface area (Å²) >= 11 is 0. The molecule has 0 aliphatic heterocycles. The molecule has 0 spiro atoms. The number of hydrogen-bond donors (Lipinski definition) is 0. The lowest BCUT2D eigenvalue weighted by Crippen LogP contribution is -2.49. The zero-order valence-electron chi connectivity index (χ0n) is 10.4. The van der Waals surface area contributed by atoms with Crippen LogP contribution in [0.25, 0.3) is 0 Å². The molecule has 1 heteroatoms. The highest BCUT2D eigenvalue weighted by Gasteiger charge is 2.43. The molecule has 0 saturated heterocycles. The van der Waals surface area contributed by atoms with Gasteiger partial charge in [-0.1, -0.05) is 48.0 Å². The average molecular weight is 186 g/mol. The Morgan fingerprint density at radius 1 is 1.15 bits per heavy atom. The van der Waals surface area contributed by atoms with E-state index in [0.29, 0.717) is 5.92 Å². The smallest absolute Gasteiger partial charge is 0.0749 e. The molecule has 13 heavy (non-hydrogen) atoms. The fourth-order valence-corrected chi connectivity index (χ4v) is 2.55. The van der Waals surface area contributed by atoms with Gasteiger partial charge in [0.05, 0.1) is 5.60 Å². The SMILES string of the molecule is CCC[C@](OC)(C(C)C)C(C)(C)C. The Kier molecular flexibility index (Phi) is 4.44. The lowest BCUT2D eigenvalue weighted by Gasteiger charge is -2.47. The van der Waals surface area contributed by atoms with Crippen LogP contribution in [-0.2, 0) is 4.74 Å². The van der Waals surface area contributed by atoms with Crippen molar-refractivity contribution in [2.75, 3.05) is 7.11 Å². The number of ether oxygens (including phenoxy) is 1. The van der Waals surface area contributed by atoms with E-state index in [9.17, 15) is 0 Å². The highest BCUT2D eigenvalue weighted by molar-refractivity contribution is 4.94. The van der Waals surface area contributed by atoms with Crippen molar-refractivity contribution in [2.45, 2.75) is 60.0 Å². The summed E-state index contributed by atoms with van der Waals surface area (Å²) in [7, 11) is 1.85. The van der Waals surface area contributed by atoms with Crippen LogP contribution >= 0.6 is 0 Å². The van der Waals surface area contributed by atoms with Gasteiger partial charge in [0, 0.05) is 7.11 Å². The van der Waals surface area contributed by atoms with E-state index < -0.39 is 0 Å². The monoisotopic (exact) mass is 186 g/mol. The molecule has 1 atom stereocenters. The maximum Gasteiger partial charge on any atom is 0.0749 e. The predicted molar refractivity (Wildman–Crippen MR) is 58.9 cm³/mol. The highest BCUT2D eigenvalue weighted by Crippen LogP contribution is 2.42. The summed E-state index contributed by atoms with van der Waals surface area (Å²) in [5.74, 6) is 0.567. The van der Waals surface area contributed by atoms with Crippen molar-refractivity contribution in [3.05, 3.63) is 0 Å². The first kappa shape index (κ1) is 13.0. The van der Waals surface area contributed by atoms with Crippen molar-refractivity contribution in [3.63, 3.8) is 0 Å². The molecular weight excluding hydrogens is 160 g/mol. The largest absolute Gasteiger partial charge is 0.377 e. The minimum atomic E-state index is 0.0295. The molecule has 0 saturated carbocycles. The van der Waals surface area contributed by atoms with E-state index >= 15 is 0 Å². The second-order valence-electron chi connectivity index (χ2n) is 5.25. The van der Waals surface area contributed by atoms with Gasteiger partial charge < -0.3 is 4.74 Å². The Balaban J connectivity index is 4.87. The van der Waals surface area contributed by atoms with Crippen LogP contribution in [0.15, 0.2) is 0 Å². The van der Waals surface area contributed by atoms with Crippen LogP contribution in [0.5, 0.6) is 0 Å². The van der Waals surface area contributed by atoms with Gasteiger partial charge in [-0.05, 0) is 17.8 Å². The van der Waals surface area contributed by atoms with Crippen LogP contribution < -0.4 is 0 Å². The first-order chi connectivity index (χ1) is 5.81. The molecule has 1 nitrogen and oxygen atoms in total. The summed E-state index contributed by atoms with van der Waals surface area (Å²) in [6.45, 7) is 13.5. The van der Waals surface area contributed by atoms with Crippen LogP contribution in [-0.4, -0.2) is 12.7 Å². The van der Waals surface area contributed by atoms with Crippen molar-refractivity contribution in [3.8, 4) is 0 Å². The summed E-state index contributed by atoms with van der Waals surface area (Å²) < 4.78 is 5.80. The molecule has 0 rings (SSSR count). The number of methoxy groups -OCH3 is 1. The third-order valence-corrected chi connectivity index (χ3v) is 3.19. The molecule has 0 unspecified atom stereocenters. The van der Waals surface area contributed by atoms with E-state index in [-0.39, 0.29) is 11.0 Å². The topological polar surface area (TPSA) is 9.23 Å². The third-order valence-electron chi connectivity index (χ3n) is 3.19. The zero-order chi connectivity index (χ0) is 10.7. The first-order valence-electron chi connectivity index (χ1n) is 5.37. The molecule has 0 aromatic rings. The molecule has 0 bridgehead atoms. The van der Waals surface area contributed by atoms with Crippen LogP contribution in [0.2, 0.25) is 0 Å². The Labute approximate surface area is 83.9 Å². The van der Waals surface area contributed by atoms with Gasteiger partial charge in [0.15, 0.2) is 0 Å². The second-order valence-corrected chi connectivity index (χ2v) is 5.25. The summed E-state index contributed by atoms with van der Waals surface area (Å²) in [4.78, 5) is 0. The lowest BCUT2D eigenvalue weighted by atomic mass is 9.67. The van der Waals surface area contributed by atoms with Crippen molar-refractivity contribution in [2.24, 2.45) is 11.3 Å². The maximum absolute atomic E-state index is 5.80. The van der Waals surface area contributed by atoms with Crippen LogP contribution in [0.1, 0.15) is 54.4 Å². The van der Waals surface area contributed by atoms with Crippen molar-refractivity contribution >= 4 is 0 Å². The Hall–Kier alpha value is -0.0400. The molecule has 0 heterocycles. The molecule has 0 aromatic heterocycles. The fourth-order valence-electron chi connectivity index (χ4n) is 2.55. The maximum atomic E-state index is 5.80. The number of hydrogen-bond acceptors (Lipinski definition) is 1. The van der Waals surface area contributed by atoms with E-state index in [1.807, 2.05) is 7.11 Å². The second kappa shape index (κ2) is 4.45. The van der Waals surface area contributed by atoms with E-state index in [1.54, 1.807) is 0 Å². The quantitative estimate of drug-likeness (QED) is 0.647. The van der Waals surface area contributed by atoms with E-state index in [1.165, 1.54) is 6.42 Å². The Morgan fingerprint density at radius 2 is 1.62 bits per heavy atom. The van der Waals surface area contributed by atoms with Gasteiger partial charge in [0.1, 0.15) is 0 Å². The first-order valence-corrected chi connectivity index (χ1v) is 5.37. The average Bonchev–Trinajstić information content (AvgIpc) is 1.96. The van der Waals surface area contributed by atoms with Gasteiger partial charge in [-0.3, -0.25) is 0 Å². The summed E-state index contributed by atoms with van der Waals surface area (Å²) in [5.41, 5.74) is 0.244. The summed E-state index contributed by atoms with van der Waals surface area (Å²) in [6, 6.07) is 0. The molecular formula is C12H26O. The molecule has 0 aliphatic carbocycles. The van der Waals surface area contributed by atoms with Crippen molar-refractivity contribution < 1.29 is 4.74 Å². The standard InChI is InChI=1S/C12H26O/c1-8-9-12(13-7,10(2)3)11(4,5)6/h10H,8-9H2,1-7H3/t12-/m0/s1. The Bertz CT molecular complexity index is 144. The molecule has 0 aromatic carbocycles. The van der Waals surface area contributed by atoms with Gasteiger partial charge in [-0.25, -0.2) is 0 Å². The minimum absolute atomic E-state index is 0.0295. The van der Waals surface area contributed by atoms with Crippen LogP contribution in [0.4, 0.5) is 0 Å². The summed E-state index contributed by atoms with van der Waals surface area (Å²) in [6.07, 6.45) is 2.33. The van der Waals surface area contributed by atoms with E-state index in [2.05, 4.69) is 41.5 Å². The lowest BCUT2D eigenvalue weighted by molar-refractivity contribution is -0.130. The van der Waals surface area contributed by atoms with Crippen molar-refractivity contribution in [1.29, 1.82) is 0 Å². The molecule has 0 fully saturated rings. The normalized spacial score (nSPS) is 17.5. The van der Waals surface area contributed by atoms with Gasteiger partial charge in [0.2, 0.25) is 0 Å². The Morgan fingerprint density at radius 3 is 1.69 bits per heavy atom. The van der Waals surface area contributed by atoms with Crippen LogP contribution in [0, 0.1) is 11.3 Å². The van der Waals surface area contributed by atoms with Gasteiger partial charge in [0.25, 0.3) is 0 Å². The summed E-state index contributed by atoms with van der Waals surface area (Å²) in [5, 5.41) is 0. The van der Waals surface area contributed by atoms with Crippen molar-refractivity contribution in [1.82, 2.24) is 0 Å². The van der Waals surface area contributed by atoms with Gasteiger partial charge in [-0.15, -0.1) is 0 Å². The fraction of sp³-hybridized carbons (Fsp3) is 1.00. The van der Waals surface area contributed by atoms with Crippen LogP contribution in [0.3, 0.4) is 0 Å².